The van der Waals surface area contributed by atoms with E-state index in [0.29, 0.717) is 5.92 Å². The van der Waals surface area contributed by atoms with Crippen LogP contribution in [0, 0.1) is 5.92 Å². The van der Waals surface area contributed by atoms with Crippen LogP contribution >= 0.6 is 0 Å². The Labute approximate surface area is 120 Å². The second-order valence-corrected chi connectivity index (χ2v) is 5.62. The first kappa shape index (κ1) is 14.8. The Balaban J connectivity index is 2.18. The Kier molecular flexibility index (Phi) is 4.93. The summed E-state index contributed by atoms with van der Waals surface area (Å²) in [5.74, 6) is 0.503. The van der Waals surface area contributed by atoms with Crippen LogP contribution in [0.3, 0.4) is 0 Å². The monoisotopic (exact) mass is 273 g/mol. The minimum atomic E-state index is -0.171. The van der Waals surface area contributed by atoms with Crippen LogP contribution in [0.2, 0.25) is 0 Å². The van der Waals surface area contributed by atoms with Crippen LogP contribution in [0.1, 0.15) is 26.3 Å². The number of aliphatic hydroxyl groups is 1. The summed E-state index contributed by atoms with van der Waals surface area (Å²) < 4.78 is 1.79. The van der Waals surface area contributed by atoms with Gasteiger partial charge in [-0.05, 0) is 17.9 Å². The fraction of sp³-hybridized carbons (Fsp3) is 0.438. The van der Waals surface area contributed by atoms with Gasteiger partial charge in [-0.3, -0.25) is 4.68 Å². The first-order valence-electron chi connectivity index (χ1n) is 7.07. The van der Waals surface area contributed by atoms with E-state index in [1.165, 1.54) is 0 Å². The van der Waals surface area contributed by atoms with Crippen LogP contribution < -0.4 is 5.73 Å². The van der Waals surface area contributed by atoms with Crippen molar-refractivity contribution in [2.45, 2.75) is 32.4 Å². The van der Waals surface area contributed by atoms with Gasteiger partial charge in [0.1, 0.15) is 0 Å². The molecule has 0 bridgehead atoms. The van der Waals surface area contributed by atoms with Crippen molar-refractivity contribution >= 4 is 0 Å². The van der Waals surface area contributed by atoms with Gasteiger partial charge in [0.15, 0.2) is 0 Å². The lowest BCUT2D eigenvalue weighted by molar-refractivity contribution is 0.187. The zero-order chi connectivity index (χ0) is 14.5. The Morgan fingerprint density at radius 1 is 1.20 bits per heavy atom. The van der Waals surface area contributed by atoms with E-state index in [2.05, 4.69) is 18.9 Å². The van der Waals surface area contributed by atoms with Gasteiger partial charge in [0, 0.05) is 17.8 Å². The summed E-state index contributed by atoms with van der Waals surface area (Å²) in [6, 6.07) is 9.82. The maximum absolute atomic E-state index is 9.60. The zero-order valence-corrected chi connectivity index (χ0v) is 12.1. The molecule has 4 heteroatoms. The highest BCUT2D eigenvalue weighted by Gasteiger charge is 2.20. The normalized spacial score (nSPS) is 14.4. The van der Waals surface area contributed by atoms with Crippen LogP contribution in [0.25, 0.3) is 11.1 Å². The Morgan fingerprint density at radius 2 is 1.90 bits per heavy atom. The van der Waals surface area contributed by atoms with Gasteiger partial charge in [-0.15, -0.1) is 0 Å². The molecule has 2 atom stereocenters. The third-order valence-corrected chi connectivity index (χ3v) is 3.47. The summed E-state index contributed by atoms with van der Waals surface area (Å²) in [5, 5.41) is 14.0. The Morgan fingerprint density at radius 3 is 2.50 bits per heavy atom. The number of aliphatic hydroxyl groups excluding tert-OH is 1. The van der Waals surface area contributed by atoms with Gasteiger partial charge in [0.2, 0.25) is 0 Å². The second kappa shape index (κ2) is 6.68. The van der Waals surface area contributed by atoms with E-state index in [1.54, 1.807) is 4.68 Å². The highest BCUT2D eigenvalue weighted by molar-refractivity contribution is 5.61. The van der Waals surface area contributed by atoms with Gasteiger partial charge in [0.25, 0.3) is 0 Å². The lowest BCUT2D eigenvalue weighted by Crippen LogP contribution is -2.36. The fourth-order valence-electron chi connectivity index (χ4n) is 2.42. The van der Waals surface area contributed by atoms with Gasteiger partial charge in [0.05, 0.1) is 18.8 Å². The summed E-state index contributed by atoms with van der Waals surface area (Å²) in [5.41, 5.74) is 8.35. The van der Waals surface area contributed by atoms with Crippen molar-refractivity contribution in [3.63, 3.8) is 0 Å². The maximum Gasteiger partial charge on any atom is 0.0900 e. The van der Waals surface area contributed by atoms with Crippen LogP contribution in [0.15, 0.2) is 42.7 Å². The first-order chi connectivity index (χ1) is 9.61. The van der Waals surface area contributed by atoms with Gasteiger partial charge in [-0.25, -0.2) is 0 Å². The van der Waals surface area contributed by atoms with E-state index in [-0.39, 0.29) is 18.7 Å². The van der Waals surface area contributed by atoms with E-state index in [1.807, 2.05) is 42.7 Å². The Hall–Kier alpha value is -1.65. The molecule has 0 aliphatic carbocycles. The van der Waals surface area contributed by atoms with E-state index in [0.717, 1.165) is 17.5 Å². The average Bonchev–Trinajstić information content (AvgIpc) is 2.89. The van der Waals surface area contributed by atoms with Crippen molar-refractivity contribution in [3.8, 4) is 11.1 Å². The van der Waals surface area contributed by atoms with Crippen LogP contribution in [-0.2, 0) is 0 Å². The second-order valence-electron chi connectivity index (χ2n) is 5.62. The molecule has 0 aliphatic heterocycles. The van der Waals surface area contributed by atoms with Crippen LogP contribution in [0.4, 0.5) is 0 Å². The highest BCUT2D eigenvalue weighted by atomic mass is 16.3. The predicted octanol–water partition coefficient (Wildman–Crippen LogP) is 2.46. The molecule has 1 aromatic carbocycles. The first-order valence-corrected chi connectivity index (χ1v) is 7.07. The minimum absolute atomic E-state index is 0.00377. The number of aromatic nitrogens is 2. The average molecular weight is 273 g/mol. The zero-order valence-electron chi connectivity index (χ0n) is 12.1. The molecule has 0 spiro atoms. The van der Waals surface area contributed by atoms with Crippen LogP contribution in [0.5, 0.6) is 0 Å². The summed E-state index contributed by atoms with van der Waals surface area (Å²) in [6.07, 6.45) is 4.64. The predicted molar refractivity (Wildman–Crippen MR) is 81.2 cm³/mol. The number of rotatable bonds is 6. The molecule has 1 aromatic heterocycles. The molecule has 0 saturated heterocycles. The van der Waals surface area contributed by atoms with E-state index in [4.69, 9.17) is 5.73 Å². The molecular weight excluding hydrogens is 250 g/mol. The van der Waals surface area contributed by atoms with Gasteiger partial charge in [-0.1, -0.05) is 44.2 Å². The largest absolute Gasteiger partial charge is 0.394 e. The molecule has 2 aromatic rings. The summed E-state index contributed by atoms with van der Waals surface area (Å²) in [7, 11) is 0. The summed E-state index contributed by atoms with van der Waals surface area (Å²) >= 11 is 0. The molecule has 0 radical (unpaired) electrons. The lowest BCUT2D eigenvalue weighted by Gasteiger charge is -2.23. The van der Waals surface area contributed by atoms with E-state index < -0.39 is 0 Å². The fourth-order valence-corrected chi connectivity index (χ4v) is 2.42. The Bertz CT molecular complexity index is 522. The third kappa shape index (κ3) is 3.46. The van der Waals surface area contributed by atoms with Crippen LogP contribution in [-0.4, -0.2) is 27.5 Å². The van der Waals surface area contributed by atoms with E-state index >= 15 is 0 Å². The molecule has 0 aliphatic rings. The molecule has 4 nitrogen and oxygen atoms in total. The molecule has 20 heavy (non-hydrogen) atoms. The minimum Gasteiger partial charge on any atom is -0.394 e. The molecule has 0 saturated carbocycles. The van der Waals surface area contributed by atoms with Gasteiger partial charge in [-0.2, -0.15) is 5.10 Å². The summed E-state index contributed by atoms with van der Waals surface area (Å²) in [4.78, 5) is 0. The number of nitrogens with two attached hydrogens (primary N) is 1. The smallest absolute Gasteiger partial charge is 0.0900 e. The highest BCUT2D eigenvalue weighted by Crippen LogP contribution is 2.21. The van der Waals surface area contributed by atoms with Crippen molar-refractivity contribution in [2.75, 3.05) is 6.61 Å². The van der Waals surface area contributed by atoms with Crippen molar-refractivity contribution in [1.82, 2.24) is 9.78 Å². The molecule has 2 rings (SSSR count). The molecule has 1 heterocycles. The number of benzene rings is 1. The summed E-state index contributed by atoms with van der Waals surface area (Å²) in [6.45, 7) is 4.27. The topological polar surface area (TPSA) is 64.1 Å². The number of nitrogens with zero attached hydrogens (tertiary/aromatic N) is 2. The number of hydrogen-bond donors (Lipinski definition) is 2. The molecule has 3 N–H and O–H groups in total. The molecule has 108 valence electrons. The molecule has 2 unspecified atom stereocenters. The molecule has 0 fully saturated rings. The van der Waals surface area contributed by atoms with Gasteiger partial charge < -0.3 is 10.8 Å². The maximum atomic E-state index is 9.60. The van der Waals surface area contributed by atoms with Gasteiger partial charge >= 0.3 is 0 Å². The molecular formula is C16H23N3O. The lowest BCUT2D eigenvalue weighted by atomic mass is 9.99. The van der Waals surface area contributed by atoms with Crippen molar-refractivity contribution < 1.29 is 5.11 Å². The standard InChI is InChI=1S/C16H23N3O/c1-12(2)8-15(17)16(11-20)19-10-14(9-18-19)13-6-4-3-5-7-13/h3-7,9-10,12,15-16,20H,8,11,17H2,1-2H3. The molecule has 0 amide bonds. The third-order valence-electron chi connectivity index (χ3n) is 3.47. The SMILES string of the molecule is CC(C)CC(N)C(CO)n1cc(-c2ccccc2)cn1. The number of hydrogen-bond acceptors (Lipinski definition) is 3. The van der Waals surface area contributed by atoms with Crippen molar-refractivity contribution in [1.29, 1.82) is 0 Å². The van der Waals surface area contributed by atoms with Crippen molar-refractivity contribution in [3.05, 3.63) is 42.7 Å². The van der Waals surface area contributed by atoms with Crippen molar-refractivity contribution in [2.24, 2.45) is 11.7 Å². The van der Waals surface area contributed by atoms with E-state index in [9.17, 15) is 5.11 Å². The quantitative estimate of drug-likeness (QED) is 0.849.